The Hall–Kier alpha value is -2.24. The Bertz CT molecular complexity index is 893. The number of para-hydroxylation sites is 1. The third-order valence-electron chi connectivity index (χ3n) is 7.02. The van der Waals surface area contributed by atoms with E-state index in [0.29, 0.717) is 25.0 Å². The van der Waals surface area contributed by atoms with E-state index in [4.69, 9.17) is 9.47 Å². The summed E-state index contributed by atoms with van der Waals surface area (Å²) in [6.07, 6.45) is 6.01. The van der Waals surface area contributed by atoms with Gasteiger partial charge in [0.25, 0.3) is 0 Å². The molecule has 0 spiro atoms. The summed E-state index contributed by atoms with van der Waals surface area (Å²) >= 11 is 0. The van der Waals surface area contributed by atoms with Crippen LogP contribution in [0, 0.1) is 11.8 Å². The number of pyridine rings is 1. The Morgan fingerprint density at radius 2 is 2.21 bits per heavy atom. The van der Waals surface area contributed by atoms with Crippen LogP contribution in [0.1, 0.15) is 31.4 Å². The van der Waals surface area contributed by atoms with Crippen LogP contribution in [0.2, 0.25) is 0 Å². The molecule has 1 aromatic carbocycles. The number of piperidine rings is 3. The molecular weight excluding hydrogens is 364 g/mol. The molecule has 1 unspecified atom stereocenters. The number of hydrogen-bond donors (Lipinski definition) is 0. The highest BCUT2D eigenvalue weighted by Gasteiger charge is 2.55. The van der Waals surface area contributed by atoms with E-state index in [2.05, 4.69) is 29.8 Å². The average Bonchev–Trinajstić information content (AvgIpc) is 2.75. The van der Waals surface area contributed by atoms with Crippen LogP contribution in [0.25, 0.3) is 10.9 Å². The topological polar surface area (TPSA) is 48.4 Å². The number of aromatic nitrogens is 1. The summed E-state index contributed by atoms with van der Waals surface area (Å²) < 4.78 is 12.2. The highest BCUT2D eigenvalue weighted by Crippen LogP contribution is 2.47. The molecule has 2 aromatic rings. The zero-order valence-electron chi connectivity index (χ0n) is 17.4. The van der Waals surface area contributed by atoms with Gasteiger partial charge in [-0.15, -0.1) is 6.58 Å². The maximum atomic E-state index is 12.6. The second-order valence-corrected chi connectivity index (χ2v) is 8.41. The van der Waals surface area contributed by atoms with Crippen LogP contribution in [0.4, 0.5) is 0 Å². The van der Waals surface area contributed by atoms with Crippen molar-refractivity contribution in [2.24, 2.45) is 11.8 Å². The van der Waals surface area contributed by atoms with Crippen molar-refractivity contribution >= 4 is 16.9 Å². The number of esters is 1. The molecular formula is C24H31N2O3+. The van der Waals surface area contributed by atoms with Crippen LogP contribution < -0.4 is 0 Å². The van der Waals surface area contributed by atoms with Crippen LogP contribution in [0.3, 0.4) is 0 Å². The van der Waals surface area contributed by atoms with Gasteiger partial charge in [-0.1, -0.05) is 24.3 Å². The Labute approximate surface area is 172 Å². The first-order chi connectivity index (χ1) is 14.1. The number of methoxy groups -OCH3 is 1. The molecule has 3 saturated heterocycles. The number of nitrogens with zero attached hydrogens (tertiary/aromatic N) is 2. The average molecular weight is 396 g/mol. The molecule has 3 aliphatic heterocycles. The van der Waals surface area contributed by atoms with E-state index in [1.165, 1.54) is 0 Å². The number of ether oxygens (including phenoxy) is 2. The van der Waals surface area contributed by atoms with Gasteiger partial charge in [-0.05, 0) is 30.5 Å². The molecule has 0 saturated carbocycles. The third-order valence-corrected chi connectivity index (χ3v) is 7.02. The molecule has 0 N–H and O–H groups in total. The van der Waals surface area contributed by atoms with E-state index in [1.807, 2.05) is 31.3 Å². The molecule has 0 radical (unpaired) electrons. The van der Waals surface area contributed by atoms with Gasteiger partial charge in [0.05, 0.1) is 25.2 Å². The summed E-state index contributed by atoms with van der Waals surface area (Å²) in [5.41, 5.74) is 2.14. The fourth-order valence-electron chi connectivity index (χ4n) is 5.68. The van der Waals surface area contributed by atoms with Crippen LogP contribution in [0.5, 0.6) is 0 Å². The summed E-state index contributed by atoms with van der Waals surface area (Å²) in [5.74, 6) is 0.932. The van der Waals surface area contributed by atoms with Crippen molar-refractivity contribution in [1.29, 1.82) is 0 Å². The van der Waals surface area contributed by atoms with Gasteiger partial charge < -0.3 is 14.0 Å². The van der Waals surface area contributed by atoms with E-state index < -0.39 is 0 Å². The zero-order chi connectivity index (χ0) is 20.4. The second kappa shape index (κ2) is 8.25. The minimum absolute atomic E-state index is 0.0918. The van der Waals surface area contributed by atoms with Crippen molar-refractivity contribution in [3.63, 3.8) is 0 Å². The quantitative estimate of drug-likeness (QED) is 0.405. The largest absolute Gasteiger partial charge is 0.462 e. The van der Waals surface area contributed by atoms with Crippen LogP contribution in [-0.2, 0) is 14.3 Å². The number of fused-ring (bicyclic) bond motifs is 4. The lowest BCUT2D eigenvalue weighted by Crippen LogP contribution is -2.69. The molecule has 1 aromatic heterocycles. The van der Waals surface area contributed by atoms with E-state index in [1.54, 1.807) is 7.11 Å². The Kier molecular flexibility index (Phi) is 5.70. The molecule has 4 heterocycles. The van der Waals surface area contributed by atoms with E-state index in [0.717, 1.165) is 46.9 Å². The van der Waals surface area contributed by atoms with Crippen LogP contribution >= 0.6 is 0 Å². The van der Waals surface area contributed by atoms with Gasteiger partial charge in [-0.25, -0.2) is 4.79 Å². The molecule has 3 aliphatic rings. The summed E-state index contributed by atoms with van der Waals surface area (Å²) in [5, 5.41) is 1.12. The molecule has 29 heavy (non-hydrogen) atoms. The first-order valence-electron chi connectivity index (χ1n) is 10.6. The van der Waals surface area contributed by atoms with Crippen molar-refractivity contribution < 1.29 is 18.8 Å². The molecule has 5 rings (SSSR count). The number of rotatable bonds is 7. The molecule has 0 aliphatic carbocycles. The highest BCUT2D eigenvalue weighted by molar-refractivity contribution is 5.82. The van der Waals surface area contributed by atoms with E-state index >= 15 is 0 Å². The lowest BCUT2D eigenvalue weighted by molar-refractivity contribution is -0.967. The number of quaternary nitrogens is 1. The predicted molar refractivity (Wildman–Crippen MR) is 113 cm³/mol. The molecule has 5 nitrogen and oxygen atoms in total. The Morgan fingerprint density at radius 1 is 1.38 bits per heavy atom. The minimum atomic E-state index is -0.116. The van der Waals surface area contributed by atoms with Crippen molar-refractivity contribution in [3.05, 3.63) is 54.7 Å². The first kappa shape index (κ1) is 20.0. The van der Waals surface area contributed by atoms with Crippen LogP contribution in [0.15, 0.2) is 49.2 Å². The van der Waals surface area contributed by atoms with Gasteiger partial charge in [0.1, 0.15) is 12.1 Å². The number of carbonyl (C=O) groups is 1. The molecule has 154 valence electrons. The molecule has 5 heteroatoms. The van der Waals surface area contributed by atoms with Crippen LogP contribution in [-0.4, -0.2) is 54.8 Å². The second-order valence-electron chi connectivity index (χ2n) is 8.41. The summed E-state index contributed by atoms with van der Waals surface area (Å²) in [6, 6.07) is 10.5. The van der Waals surface area contributed by atoms with Crippen molar-refractivity contribution in [2.45, 2.75) is 31.9 Å². The van der Waals surface area contributed by atoms with Gasteiger partial charge in [-0.2, -0.15) is 0 Å². The smallest absolute Gasteiger partial charge is 0.361 e. The lowest BCUT2D eigenvalue weighted by atomic mass is 9.71. The normalized spacial score (nSPS) is 29.5. The zero-order valence-corrected chi connectivity index (χ0v) is 17.4. The Balaban J connectivity index is 1.75. The molecule has 0 amide bonds. The molecule has 3 fully saturated rings. The first-order valence-corrected chi connectivity index (χ1v) is 10.6. The number of benzene rings is 1. The summed E-state index contributed by atoms with van der Waals surface area (Å²) in [6.45, 7) is 8.68. The van der Waals surface area contributed by atoms with Crippen molar-refractivity contribution in [1.82, 2.24) is 4.98 Å². The fraction of sp³-hybridized carbons (Fsp3) is 0.500. The van der Waals surface area contributed by atoms with Crippen molar-refractivity contribution in [2.75, 3.05) is 33.4 Å². The van der Waals surface area contributed by atoms with Gasteiger partial charge in [0, 0.05) is 37.5 Å². The number of hydrogen-bond acceptors (Lipinski definition) is 4. The maximum Gasteiger partial charge on any atom is 0.361 e. The number of carbonyl (C=O) groups excluding carboxylic acids is 1. The SMILES string of the molecule is C=C[C@H]1C[N+]2(CC(=O)OCC)CC[C@H]1C[C@H]2[C@H](OC)c1ccnc2ccccc12. The summed E-state index contributed by atoms with van der Waals surface area (Å²) in [4.78, 5) is 17.1. The van der Waals surface area contributed by atoms with Gasteiger partial charge in [-0.3, -0.25) is 4.98 Å². The third kappa shape index (κ3) is 3.58. The fourth-order valence-corrected chi connectivity index (χ4v) is 5.68. The highest BCUT2D eigenvalue weighted by atomic mass is 16.5. The van der Waals surface area contributed by atoms with Crippen molar-refractivity contribution in [3.8, 4) is 0 Å². The maximum absolute atomic E-state index is 12.6. The minimum Gasteiger partial charge on any atom is -0.462 e. The molecule has 2 bridgehead atoms. The van der Waals surface area contributed by atoms with Gasteiger partial charge >= 0.3 is 5.97 Å². The summed E-state index contributed by atoms with van der Waals surface area (Å²) in [7, 11) is 1.79. The molecule has 5 atom stereocenters. The van der Waals surface area contributed by atoms with E-state index in [-0.39, 0.29) is 18.1 Å². The predicted octanol–water partition coefficient (Wildman–Crippen LogP) is 3.90. The monoisotopic (exact) mass is 395 g/mol. The Morgan fingerprint density at radius 3 is 2.97 bits per heavy atom. The lowest BCUT2D eigenvalue weighted by Gasteiger charge is -2.57. The van der Waals surface area contributed by atoms with E-state index in [9.17, 15) is 4.79 Å². The van der Waals surface area contributed by atoms with Gasteiger partial charge in [0.15, 0.2) is 6.54 Å². The standard InChI is InChI=1S/C24H31N2O3/c1-4-17-15-26(16-23(27)29-5-2)13-11-18(17)14-22(26)24(28-3)20-10-12-25-21-9-7-6-8-19(20)21/h4,6-10,12,17-18,22,24H,1,5,11,13-16H2,2-3H3/q+1/t17-,18-,22-,24+,26?/m0/s1. The van der Waals surface area contributed by atoms with Gasteiger partial charge in [0.2, 0.25) is 0 Å².